The lowest BCUT2D eigenvalue weighted by Crippen LogP contribution is -2.26. The fraction of sp³-hybridized carbons (Fsp3) is 0.444. The van der Waals surface area contributed by atoms with Crippen LogP contribution in [0.15, 0.2) is 36.4 Å². The fourth-order valence-corrected chi connectivity index (χ4v) is 2.65. The molecule has 0 aromatic heterocycles. The van der Waals surface area contributed by atoms with E-state index in [0.29, 0.717) is 5.92 Å². The number of nitrogens with two attached hydrogens (primary N) is 1. The van der Waals surface area contributed by atoms with E-state index in [0.717, 1.165) is 23.8 Å². The summed E-state index contributed by atoms with van der Waals surface area (Å²) in [6.45, 7) is 6.44. The monoisotopic (exact) mass is 271 g/mol. The van der Waals surface area contributed by atoms with Gasteiger partial charge in [0.2, 0.25) is 0 Å². The maximum Gasteiger partial charge on any atom is 0.0733 e. The highest BCUT2D eigenvalue weighted by atomic mass is 16.3. The number of fused-ring (bicyclic) bond motifs is 1. The van der Waals surface area contributed by atoms with E-state index in [2.05, 4.69) is 45.0 Å². The van der Waals surface area contributed by atoms with Crippen LogP contribution < -0.4 is 5.73 Å². The van der Waals surface area contributed by atoms with Crippen LogP contribution in [0.25, 0.3) is 10.8 Å². The molecule has 0 amide bonds. The Kier molecular flexibility index (Phi) is 4.79. The van der Waals surface area contributed by atoms with E-state index in [1.54, 1.807) is 0 Å². The van der Waals surface area contributed by atoms with Crippen molar-refractivity contribution in [2.75, 3.05) is 0 Å². The van der Waals surface area contributed by atoms with Crippen molar-refractivity contribution in [1.29, 1.82) is 0 Å². The quantitative estimate of drug-likeness (QED) is 0.865. The molecule has 0 saturated carbocycles. The predicted molar refractivity (Wildman–Crippen MR) is 85.7 cm³/mol. The average Bonchev–Trinajstić information content (AvgIpc) is 2.44. The van der Waals surface area contributed by atoms with Gasteiger partial charge in [-0.15, -0.1) is 0 Å². The molecule has 2 aromatic rings. The third kappa shape index (κ3) is 3.20. The largest absolute Gasteiger partial charge is 0.391 e. The van der Waals surface area contributed by atoms with Crippen LogP contribution in [0.1, 0.15) is 43.9 Å². The zero-order valence-electron chi connectivity index (χ0n) is 12.6. The van der Waals surface area contributed by atoms with Gasteiger partial charge < -0.3 is 10.8 Å². The minimum Gasteiger partial charge on any atom is -0.391 e. The lowest BCUT2D eigenvalue weighted by molar-refractivity contribution is 0.129. The standard InChI is InChI=1S/C18H25NO/c1-12(2)8-11-17(20)18(19)16-10-9-13(3)14-6-4-5-7-15(14)16/h4-7,9-10,12,17-18,20H,8,11,19H2,1-3H3/t17-,18+/m0/s1. The molecule has 0 aliphatic heterocycles. The second kappa shape index (κ2) is 6.38. The smallest absolute Gasteiger partial charge is 0.0733 e. The number of rotatable bonds is 5. The minimum absolute atomic E-state index is 0.320. The van der Waals surface area contributed by atoms with Gasteiger partial charge in [0.25, 0.3) is 0 Å². The lowest BCUT2D eigenvalue weighted by atomic mass is 9.91. The molecule has 2 nitrogen and oxygen atoms in total. The molecule has 2 rings (SSSR count). The maximum absolute atomic E-state index is 10.3. The van der Waals surface area contributed by atoms with Gasteiger partial charge in [-0.25, -0.2) is 0 Å². The van der Waals surface area contributed by atoms with E-state index < -0.39 is 6.10 Å². The number of benzene rings is 2. The lowest BCUT2D eigenvalue weighted by Gasteiger charge is -2.22. The van der Waals surface area contributed by atoms with E-state index >= 15 is 0 Å². The first kappa shape index (κ1) is 15.0. The van der Waals surface area contributed by atoms with Crippen molar-refractivity contribution in [2.45, 2.75) is 45.8 Å². The Bertz CT molecular complexity index is 577. The van der Waals surface area contributed by atoms with Gasteiger partial charge in [-0.05, 0) is 47.6 Å². The minimum atomic E-state index is -0.483. The number of aryl methyl sites for hydroxylation is 1. The molecule has 3 N–H and O–H groups in total. The van der Waals surface area contributed by atoms with Crippen molar-refractivity contribution in [2.24, 2.45) is 11.7 Å². The molecule has 0 radical (unpaired) electrons. The Labute approximate surface area is 121 Å². The normalized spacial score (nSPS) is 14.7. The molecule has 2 heteroatoms. The Morgan fingerprint density at radius 3 is 2.30 bits per heavy atom. The zero-order chi connectivity index (χ0) is 14.7. The topological polar surface area (TPSA) is 46.2 Å². The summed E-state index contributed by atoms with van der Waals surface area (Å²) in [7, 11) is 0. The highest BCUT2D eigenvalue weighted by Gasteiger charge is 2.19. The number of hydrogen-bond acceptors (Lipinski definition) is 2. The van der Waals surface area contributed by atoms with Gasteiger partial charge >= 0.3 is 0 Å². The van der Waals surface area contributed by atoms with Gasteiger partial charge in [0.15, 0.2) is 0 Å². The molecule has 0 spiro atoms. The Morgan fingerprint density at radius 2 is 1.65 bits per heavy atom. The molecule has 2 aromatic carbocycles. The molecule has 0 aliphatic rings. The van der Waals surface area contributed by atoms with Gasteiger partial charge in [-0.2, -0.15) is 0 Å². The first-order chi connectivity index (χ1) is 9.50. The van der Waals surface area contributed by atoms with Gasteiger partial charge in [0.1, 0.15) is 0 Å². The second-order valence-corrected chi connectivity index (χ2v) is 6.08. The summed E-state index contributed by atoms with van der Waals surface area (Å²) >= 11 is 0. The molecule has 0 heterocycles. The Morgan fingerprint density at radius 1 is 1.00 bits per heavy atom. The van der Waals surface area contributed by atoms with Crippen LogP contribution in [-0.2, 0) is 0 Å². The van der Waals surface area contributed by atoms with Crippen molar-refractivity contribution in [1.82, 2.24) is 0 Å². The molecule has 0 fully saturated rings. The molecule has 0 unspecified atom stereocenters. The number of aliphatic hydroxyl groups is 1. The summed E-state index contributed by atoms with van der Waals surface area (Å²) in [4.78, 5) is 0. The summed E-state index contributed by atoms with van der Waals surface area (Å²) in [5.41, 5.74) is 8.58. The van der Waals surface area contributed by atoms with Crippen molar-refractivity contribution in [3.05, 3.63) is 47.5 Å². The van der Waals surface area contributed by atoms with Crippen LogP contribution in [0.4, 0.5) is 0 Å². The van der Waals surface area contributed by atoms with Gasteiger partial charge in [-0.3, -0.25) is 0 Å². The van der Waals surface area contributed by atoms with Crippen LogP contribution in [0.5, 0.6) is 0 Å². The highest BCUT2D eigenvalue weighted by Crippen LogP contribution is 2.28. The summed E-state index contributed by atoms with van der Waals surface area (Å²) < 4.78 is 0. The van der Waals surface area contributed by atoms with Crippen LogP contribution in [0.3, 0.4) is 0 Å². The molecule has 0 aliphatic carbocycles. The van der Waals surface area contributed by atoms with E-state index in [4.69, 9.17) is 5.73 Å². The predicted octanol–water partition coefficient (Wildman–Crippen LogP) is 3.95. The number of aliphatic hydroxyl groups excluding tert-OH is 1. The highest BCUT2D eigenvalue weighted by molar-refractivity contribution is 5.88. The van der Waals surface area contributed by atoms with Gasteiger partial charge in [0, 0.05) is 0 Å². The third-order valence-electron chi connectivity index (χ3n) is 3.99. The average molecular weight is 271 g/mol. The van der Waals surface area contributed by atoms with Crippen LogP contribution in [0.2, 0.25) is 0 Å². The SMILES string of the molecule is Cc1ccc([C@@H](N)[C@@H](O)CCC(C)C)c2ccccc12. The number of hydrogen-bond donors (Lipinski definition) is 2. The molecule has 0 saturated heterocycles. The van der Waals surface area contributed by atoms with Crippen LogP contribution >= 0.6 is 0 Å². The second-order valence-electron chi connectivity index (χ2n) is 6.08. The molecular weight excluding hydrogens is 246 g/mol. The van der Waals surface area contributed by atoms with Crippen molar-refractivity contribution in [3.8, 4) is 0 Å². The summed E-state index contributed by atoms with van der Waals surface area (Å²) in [6, 6.07) is 12.1. The van der Waals surface area contributed by atoms with Gasteiger partial charge in [-0.1, -0.05) is 50.2 Å². The van der Waals surface area contributed by atoms with Crippen molar-refractivity contribution < 1.29 is 5.11 Å². The van der Waals surface area contributed by atoms with Crippen LogP contribution in [-0.4, -0.2) is 11.2 Å². The Hall–Kier alpha value is -1.38. The fourth-order valence-electron chi connectivity index (χ4n) is 2.65. The van der Waals surface area contributed by atoms with Crippen LogP contribution in [0, 0.1) is 12.8 Å². The van der Waals surface area contributed by atoms with Crippen molar-refractivity contribution in [3.63, 3.8) is 0 Å². The molecule has 20 heavy (non-hydrogen) atoms. The zero-order valence-corrected chi connectivity index (χ0v) is 12.6. The van der Waals surface area contributed by atoms with E-state index in [1.165, 1.54) is 10.9 Å². The molecule has 2 atom stereocenters. The van der Waals surface area contributed by atoms with E-state index in [-0.39, 0.29) is 6.04 Å². The third-order valence-corrected chi connectivity index (χ3v) is 3.99. The van der Waals surface area contributed by atoms with E-state index in [1.807, 2.05) is 12.1 Å². The molecular formula is C18H25NO. The summed E-state index contributed by atoms with van der Waals surface area (Å²) in [6.07, 6.45) is 1.27. The first-order valence-electron chi connectivity index (χ1n) is 7.42. The molecule has 0 bridgehead atoms. The molecule has 108 valence electrons. The summed E-state index contributed by atoms with van der Waals surface area (Å²) in [5, 5.41) is 12.7. The Balaban J connectivity index is 2.30. The van der Waals surface area contributed by atoms with Crippen molar-refractivity contribution >= 4 is 10.8 Å². The van der Waals surface area contributed by atoms with E-state index in [9.17, 15) is 5.11 Å². The maximum atomic E-state index is 10.3. The first-order valence-corrected chi connectivity index (χ1v) is 7.42. The van der Waals surface area contributed by atoms with Gasteiger partial charge in [0.05, 0.1) is 12.1 Å². The summed E-state index contributed by atoms with van der Waals surface area (Å²) in [5.74, 6) is 0.589.